The quantitative estimate of drug-likeness (QED) is 0.145. The van der Waals surface area contributed by atoms with Crippen molar-refractivity contribution in [2.45, 2.75) is 0 Å². The molecule has 11 aromatic rings. The van der Waals surface area contributed by atoms with E-state index >= 15 is 0 Å². The summed E-state index contributed by atoms with van der Waals surface area (Å²) in [7, 11) is 0. The Kier molecular flexibility index (Phi) is 9.26. The maximum atomic E-state index is 2.37. The first kappa shape index (κ1) is 36.1. The van der Waals surface area contributed by atoms with Crippen LogP contribution in [-0.2, 0) is 0 Å². The molecule has 11 rings (SSSR count). The van der Waals surface area contributed by atoms with Gasteiger partial charge in [-0.15, -0.1) is 0 Å². The van der Waals surface area contributed by atoms with Crippen molar-refractivity contribution >= 4 is 21.7 Å². The van der Waals surface area contributed by atoms with Gasteiger partial charge >= 0.3 is 0 Å². The van der Waals surface area contributed by atoms with Gasteiger partial charge in [-0.3, -0.25) is 0 Å². The lowest BCUT2D eigenvalue weighted by atomic mass is 9.96. The summed E-state index contributed by atoms with van der Waals surface area (Å²) in [4.78, 5) is 0. The molecule has 0 amide bonds. The summed E-state index contributed by atoms with van der Waals surface area (Å²) < 4.78 is 2.35. The highest BCUT2D eigenvalue weighted by atomic mass is 15.0. The molecule has 61 heavy (non-hydrogen) atoms. The Morgan fingerprint density at radius 2 is 0.607 bits per heavy atom. The van der Waals surface area contributed by atoms with E-state index in [2.05, 4.69) is 253 Å². The van der Waals surface area contributed by atoms with Gasteiger partial charge in [-0.2, -0.15) is 0 Å². The zero-order valence-electron chi connectivity index (χ0n) is 33.6. The summed E-state index contributed by atoms with van der Waals surface area (Å²) in [5.41, 5.74) is 19.3. The van der Waals surface area contributed by atoms with Crippen molar-refractivity contribution in [1.29, 1.82) is 0 Å². The van der Waals surface area contributed by atoms with Crippen LogP contribution in [0.2, 0.25) is 0 Å². The molecule has 0 saturated carbocycles. The maximum absolute atomic E-state index is 2.37. The molecule has 0 aliphatic heterocycles. The molecule has 0 bridgehead atoms. The lowest BCUT2D eigenvalue weighted by Gasteiger charge is -2.10. The summed E-state index contributed by atoms with van der Waals surface area (Å²) >= 11 is 0. The van der Waals surface area contributed by atoms with Gasteiger partial charge in [0.15, 0.2) is 0 Å². The number of fused-ring (bicyclic) bond motifs is 2. The second-order valence-corrected chi connectivity index (χ2v) is 15.8. The van der Waals surface area contributed by atoms with Crippen LogP contribution in [0.1, 0.15) is 0 Å². The fourth-order valence-corrected chi connectivity index (χ4v) is 8.80. The van der Waals surface area contributed by atoms with Crippen LogP contribution < -0.4 is 0 Å². The molecule has 0 aliphatic rings. The smallest absolute Gasteiger partial charge is 0.0535 e. The molecule has 0 unspecified atom stereocenters. The maximum Gasteiger partial charge on any atom is 0.0535 e. The molecule has 0 aliphatic carbocycles. The van der Waals surface area contributed by atoms with Crippen LogP contribution in [0, 0.1) is 0 Å². The van der Waals surface area contributed by atoms with Gasteiger partial charge in [-0.25, -0.2) is 0 Å². The van der Waals surface area contributed by atoms with E-state index in [1.165, 1.54) is 99.6 Å². The van der Waals surface area contributed by atoms with E-state index in [-0.39, 0.29) is 0 Å². The Labute approximate surface area is 357 Å². The molecule has 1 aromatic heterocycles. The molecule has 1 heterocycles. The van der Waals surface area contributed by atoms with E-state index in [9.17, 15) is 0 Å². The van der Waals surface area contributed by atoms with Gasteiger partial charge in [0, 0.05) is 22.8 Å². The Morgan fingerprint density at radius 3 is 1.13 bits per heavy atom. The summed E-state index contributed by atoms with van der Waals surface area (Å²) in [6.07, 6.45) is 2.31. The molecule has 10 aromatic carbocycles. The van der Waals surface area contributed by atoms with Crippen LogP contribution in [0.5, 0.6) is 0 Å². The Bertz CT molecular complexity index is 3260. The highest BCUT2D eigenvalue weighted by molar-refractivity contribution is 6.00. The third-order valence-electron chi connectivity index (χ3n) is 12.1. The summed E-state index contributed by atoms with van der Waals surface area (Å²) in [6.45, 7) is 0. The normalized spacial score (nSPS) is 11.3. The van der Waals surface area contributed by atoms with Crippen LogP contribution in [0.3, 0.4) is 0 Å². The first-order chi connectivity index (χ1) is 30.2. The minimum Gasteiger partial charge on any atom is -0.316 e. The fraction of sp³-hybridized carbons (Fsp3) is 0. The topological polar surface area (TPSA) is 4.93 Å². The standard InChI is InChI=1S/C60H41N/c1-3-10-42(11-4-1)44-18-22-46(23-19-44)48-26-28-50(29-27-48)54-36-39-60-58(40-54)59(53-32-30-49(31-33-53)47-24-20-45(21-25-47)43-12-5-2-6-13-43)41-61(60)55-37-34-52(35-38-55)57-17-9-15-51-14-7-8-16-56(51)57/h1-41H. The van der Waals surface area contributed by atoms with E-state index in [0.717, 1.165) is 5.69 Å². The largest absolute Gasteiger partial charge is 0.316 e. The Morgan fingerprint density at radius 1 is 0.230 bits per heavy atom. The van der Waals surface area contributed by atoms with E-state index in [0.29, 0.717) is 0 Å². The van der Waals surface area contributed by atoms with Gasteiger partial charge in [-0.05, 0) is 107 Å². The number of aromatic nitrogens is 1. The lowest BCUT2D eigenvalue weighted by molar-refractivity contribution is 1.13. The van der Waals surface area contributed by atoms with E-state index in [4.69, 9.17) is 0 Å². The molecular weight excluding hydrogens is 735 g/mol. The first-order valence-corrected chi connectivity index (χ1v) is 21.0. The van der Waals surface area contributed by atoms with Gasteiger partial charge in [0.1, 0.15) is 0 Å². The summed E-state index contributed by atoms with van der Waals surface area (Å²) in [5.74, 6) is 0. The second-order valence-electron chi connectivity index (χ2n) is 15.8. The van der Waals surface area contributed by atoms with Gasteiger partial charge in [-0.1, -0.05) is 218 Å². The van der Waals surface area contributed by atoms with Crippen LogP contribution in [0.25, 0.3) is 105 Å². The molecule has 286 valence electrons. The van der Waals surface area contributed by atoms with E-state index < -0.39 is 0 Å². The molecule has 1 heteroatoms. The molecule has 1 nitrogen and oxygen atoms in total. The van der Waals surface area contributed by atoms with Gasteiger partial charge in [0.25, 0.3) is 0 Å². The molecule has 0 radical (unpaired) electrons. The average molecular weight is 776 g/mol. The van der Waals surface area contributed by atoms with Gasteiger partial charge < -0.3 is 4.57 Å². The second kappa shape index (κ2) is 15.6. The molecule has 0 saturated heterocycles. The highest BCUT2D eigenvalue weighted by Crippen LogP contribution is 2.38. The monoisotopic (exact) mass is 775 g/mol. The van der Waals surface area contributed by atoms with Crippen molar-refractivity contribution in [2.24, 2.45) is 0 Å². The average Bonchev–Trinajstić information content (AvgIpc) is 3.74. The van der Waals surface area contributed by atoms with Gasteiger partial charge in [0.05, 0.1) is 5.52 Å². The molecule has 0 atom stereocenters. The third kappa shape index (κ3) is 7.03. The van der Waals surface area contributed by atoms with Gasteiger partial charge in [0.2, 0.25) is 0 Å². The van der Waals surface area contributed by atoms with Crippen molar-refractivity contribution in [3.05, 3.63) is 249 Å². The predicted octanol–water partition coefficient (Wildman–Crippen LogP) is 16.5. The van der Waals surface area contributed by atoms with Crippen LogP contribution in [-0.4, -0.2) is 4.57 Å². The fourth-order valence-electron chi connectivity index (χ4n) is 8.80. The predicted molar refractivity (Wildman–Crippen MR) is 259 cm³/mol. The number of hydrogen-bond donors (Lipinski definition) is 0. The van der Waals surface area contributed by atoms with Crippen LogP contribution in [0.15, 0.2) is 249 Å². The Hall–Kier alpha value is -8.00. The number of nitrogens with zero attached hydrogens (tertiary/aromatic N) is 1. The first-order valence-electron chi connectivity index (χ1n) is 21.0. The van der Waals surface area contributed by atoms with Crippen molar-refractivity contribution in [1.82, 2.24) is 4.57 Å². The minimum atomic E-state index is 1.13. The molecule has 0 fully saturated rings. The van der Waals surface area contributed by atoms with Crippen LogP contribution in [0.4, 0.5) is 0 Å². The number of hydrogen-bond acceptors (Lipinski definition) is 0. The SMILES string of the molecule is c1ccc(-c2ccc(-c3ccc(-c4ccc5c(c4)c(-c4ccc(-c6ccc(-c7ccccc7)cc6)cc4)cn5-c4ccc(-c5cccc6ccccc56)cc4)cc3)cc2)cc1. The highest BCUT2D eigenvalue weighted by Gasteiger charge is 2.15. The summed E-state index contributed by atoms with van der Waals surface area (Å²) in [6, 6.07) is 88.0. The van der Waals surface area contributed by atoms with Crippen LogP contribution >= 0.6 is 0 Å². The van der Waals surface area contributed by atoms with Crippen molar-refractivity contribution in [3.63, 3.8) is 0 Å². The molecule has 0 N–H and O–H groups in total. The van der Waals surface area contributed by atoms with Crippen molar-refractivity contribution in [2.75, 3.05) is 0 Å². The molecular formula is C60H41N. The third-order valence-corrected chi connectivity index (χ3v) is 12.1. The molecule has 0 spiro atoms. The zero-order chi connectivity index (χ0) is 40.5. The van der Waals surface area contributed by atoms with E-state index in [1.807, 2.05) is 0 Å². The number of benzene rings is 10. The minimum absolute atomic E-state index is 1.13. The van der Waals surface area contributed by atoms with Crippen molar-refractivity contribution in [3.8, 4) is 83.6 Å². The van der Waals surface area contributed by atoms with Crippen molar-refractivity contribution < 1.29 is 0 Å². The Balaban J connectivity index is 0.947. The number of rotatable bonds is 8. The van der Waals surface area contributed by atoms with E-state index in [1.54, 1.807) is 0 Å². The zero-order valence-corrected chi connectivity index (χ0v) is 33.6. The lowest BCUT2D eigenvalue weighted by Crippen LogP contribution is -1.92. The summed E-state index contributed by atoms with van der Waals surface area (Å²) in [5, 5.41) is 3.74.